The highest BCUT2D eigenvalue weighted by Crippen LogP contribution is 2.11. The number of aldehydes is 1. The van der Waals surface area contributed by atoms with Crippen LogP contribution in [0.5, 0.6) is 5.75 Å². The van der Waals surface area contributed by atoms with Crippen molar-refractivity contribution in [3.63, 3.8) is 0 Å². The van der Waals surface area contributed by atoms with Gasteiger partial charge in [-0.25, -0.2) is 4.98 Å². The molecule has 0 aromatic carbocycles. The van der Waals surface area contributed by atoms with Crippen molar-refractivity contribution >= 4 is 6.29 Å². The number of carbonyl (C=O) groups excluding carboxylic acids is 1. The van der Waals surface area contributed by atoms with Crippen molar-refractivity contribution in [1.29, 1.82) is 0 Å². The minimum Gasteiger partial charge on any atom is -0.486 e. The zero-order chi connectivity index (χ0) is 10.6. The summed E-state index contributed by atoms with van der Waals surface area (Å²) in [7, 11) is 0. The summed E-state index contributed by atoms with van der Waals surface area (Å²) >= 11 is 0. The minimum atomic E-state index is -0.541. The van der Waals surface area contributed by atoms with Gasteiger partial charge < -0.3 is 9.84 Å². The third kappa shape index (κ3) is 2.81. The molecule has 1 rings (SSSR count). The second-order valence-electron chi connectivity index (χ2n) is 3.10. The zero-order valence-electron chi connectivity index (χ0n) is 8.18. The van der Waals surface area contributed by atoms with E-state index in [1.165, 1.54) is 6.20 Å². The Hall–Kier alpha value is -1.42. The number of aliphatic hydroxyl groups is 1. The smallest absolute Gasteiger partial charge is 0.168 e. The Morgan fingerprint density at radius 1 is 1.50 bits per heavy atom. The lowest BCUT2D eigenvalue weighted by atomic mass is 10.2. The number of aromatic nitrogens is 1. The van der Waals surface area contributed by atoms with E-state index in [1.807, 2.05) is 0 Å². The first kappa shape index (κ1) is 10.7. The maximum absolute atomic E-state index is 10.3. The van der Waals surface area contributed by atoms with Gasteiger partial charge in [-0.2, -0.15) is 0 Å². The highest BCUT2D eigenvalue weighted by atomic mass is 16.5. The number of ether oxygens (including phenoxy) is 1. The molecule has 1 aromatic heterocycles. The SMILES string of the molecule is CC(O)C(C)Oc1ccc(C=O)nc1. The molecule has 2 atom stereocenters. The van der Waals surface area contributed by atoms with E-state index in [-0.39, 0.29) is 6.10 Å². The number of pyridine rings is 1. The molecule has 14 heavy (non-hydrogen) atoms. The highest BCUT2D eigenvalue weighted by molar-refractivity contribution is 5.71. The van der Waals surface area contributed by atoms with Gasteiger partial charge in [0.05, 0.1) is 12.3 Å². The van der Waals surface area contributed by atoms with Gasteiger partial charge >= 0.3 is 0 Å². The monoisotopic (exact) mass is 195 g/mol. The number of aliphatic hydroxyl groups excluding tert-OH is 1. The van der Waals surface area contributed by atoms with Crippen molar-refractivity contribution in [2.24, 2.45) is 0 Å². The lowest BCUT2D eigenvalue weighted by molar-refractivity contribution is 0.0602. The van der Waals surface area contributed by atoms with Gasteiger partial charge in [0.2, 0.25) is 0 Å². The summed E-state index contributed by atoms with van der Waals surface area (Å²) in [5.41, 5.74) is 0.363. The lowest BCUT2D eigenvalue weighted by Gasteiger charge is -2.16. The van der Waals surface area contributed by atoms with E-state index in [1.54, 1.807) is 26.0 Å². The number of hydrogen-bond donors (Lipinski definition) is 1. The van der Waals surface area contributed by atoms with E-state index >= 15 is 0 Å². The highest BCUT2D eigenvalue weighted by Gasteiger charge is 2.09. The van der Waals surface area contributed by atoms with Crippen molar-refractivity contribution in [3.05, 3.63) is 24.0 Å². The Morgan fingerprint density at radius 2 is 2.21 bits per heavy atom. The van der Waals surface area contributed by atoms with Crippen LogP contribution in [0.1, 0.15) is 24.3 Å². The quantitative estimate of drug-likeness (QED) is 0.729. The molecule has 0 aliphatic heterocycles. The van der Waals surface area contributed by atoms with E-state index in [0.29, 0.717) is 17.7 Å². The van der Waals surface area contributed by atoms with Crippen LogP contribution >= 0.6 is 0 Å². The molecule has 1 N–H and O–H groups in total. The van der Waals surface area contributed by atoms with E-state index in [2.05, 4.69) is 4.98 Å². The van der Waals surface area contributed by atoms with Crippen molar-refractivity contribution in [2.45, 2.75) is 26.1 Å². The summed E-state index contributed by atoms with van der Waals surface area (Å²) in [5, 5.41) is 9.18. The van der Waals surface area contributed by atoms with Crippen molar-refractivity contribution < 1.29 is 14.6 Å². The van der Waals surface area contributed by atoms with Crippen LogP contribution in [0.25, 0.3) is 0 Å². The Kier molecular flexibility index (Phi) is 3.59. The summed E-state index contributed by atoms with van der Waals surface area (Å²) in [6, 6.07) is 3.21. The maximum Gasteiger partial charge on any atom is 0.168 e. The van der Waals surface area contributed by atoms with Crippen LogP contribution in [0.3, 0.4) is 0 Å². The van der Waals surface area contributed by atoms with Gasteiger partial charge in [-0.3, -0.25) is 4.79 Å². The molecular formula is C10H13NO3. The molecule has 76 valence electrons. The molecule has 0 saturated carbocycles. The number of carbonyl (C=O) groups is 1. The fraction of sp³-hybridized carbons (Fsp3) is 0.400. The van der Waals surface area contributed by atoms with Crippen LogP contribution in [0.4, 0.5) is 0 Å². The Bertz CT molecular complexity index is 295. The van der Waals surface area contributed by atoms with E-state index in [9.17, 15) is 9.90 Å². The molecule has 1 aromatic rings. The fourth-order valence-corrected chi connectivity index (χ4v) is 0.844. The fourth-order valence-electron chi connectivity index (χ4n) is 0.844. The first-order valence-electron chi connectivity index (χ1n) is 4.39. The van der Waals surface area contributed by atoms with E-state index in [4.69, 9.17) is 4.74 Å². The molecule has 4 nitrogen and oxygen atoms in total. The van der Waals surface area contributed by atoms with Crippen molar-refractivity contribution in [1.82, 2.24) is 4.98 Å². The summed E-state index contributed by atoms with van der Waals surface area (Å²) < 4.78 is 5.35. The Balaban J connectivity index is 2.64. The lowest BCUT2D eigenvalue weighted by Crippen LogP contribution is -2.25. The zero-order valence-corrected chi connectivity index (χ0v) is 8.18. The maximum atomic E-state index is 10.3. The average Bonchev–Trinajstić information content (AvgIpc) is 2.19. The molecule has 0 spiro atoms. The molecule has 0 bridgehead atoms. The first-order chi connectivity index (χ1) is 6.63. The van der Waals surface area contributed by atoms with E-state index in [0.717, 1.165) is 0 Å². The normalized spacial score (nSPS) is 14.5. The third-order valence-electron chi connectivity index (χ3n) is 1.88. The third-order valence-corrected chi connectivity index (χ3v) is 1.88. The Morgan fingerprint density at radius 3 is 2.64 bits per heavy atom. The largest absolute Gasteiger partial charge is 0.486 e. The predicted molar refractivity (Wildman–Crippen MR) is 51.4 cm³/mol. The number of rotatable bonds is 4. The van der Waals surface area contributed by atoms with Crippen LogP contribution in [0.2, 0.25) is 0 Å². The van der Waals surface area contributed by atoms with Crippen molar-refractivity contribution in [2.75, 3.05) is 0 Å². The van der Waals surface area contributed by atoms with Crippen LogP contribution < -0.4 is 4.74 Å². The molecule has 0 aliphatic carbocycles. The van der Waals surface area contributed by atoms with Crippen LogP contribution in [-0.2, 0) is 0 Å². The summed E-state index contributed by atoms with van der Waals surface area (Å²) in [5.74, 6) is 0.545. The van der Waals surface area contributed by atoms with E-state index < -0.39 is 6.10 Å². The van der Waals surface area contributed by atoms with Crippen LogP contribution in [-0.4, -0.2) is 28.6 Å². The predicted octanol–water partition coefficient (Wildman–Crippen LogP) is 1.04. The van der Waals surface area contributed by atoms with Gasteiger partial charge in [0.15, 0.2) is 6.29 Å². The van der Waals surface area contributed by atoms with Gasteiger partial charge in [-0.05, 0) is 26.0 Å². The first-order valence-corrected chi connectivity index (χ1v) is 4.39. The van der Waals surface area contributed by atoms with Gasteiger partial charge in [-0.1, -0.05) is 0 Å². The van der Waals surface area contributed by atoms with Gasteiger partial charge in [0.25, 0.3) is 0 Å². The van der Waals surface area contributed by atoms with Crippen molar-refractivity contribution in [3.8, 4) is 5.75 Å². The standard InChI is InChI=1S/C10H13NO3/c1-7(13)8(2)14-10-4-3-9(6-12)11-5-10/h3-8,13H,1-2H3. The summed E-state index contributed by atoms with van der Waals surface area (Å²) in [6.07, 6.45) is 1.30. The van der Waals surface area contributed by atoms with Gasteiger partial charge in [0, 0.05) is 0 Å². The second-order valence-corrected chi connectivity index (χ2v) is 3.10. The molecule has 0 fully saturated rings. The molecule has 0 amide bonds. The molecule has 0 radical (unpaired) electrons. The Labute approximate surface area is 82.5 Å². The van der Waals surface area contributed by atoms with Gasteiger partial charge in [0.1, 0.15) is 17.5 Å². The van der Waals surface area contributed by atoms with Crippen LogP contribution in [0, 0.1) is 0 Å². The average molecular weight is 195 g/mol. The molecule has 0 saturated heterocycles. The second kappa shape index (κ2) is 4.72. The number of hydrogen-bond acceptors (Lipinski definition) is 4. The van der Waals surface area contributed by atoms with Gasteiger partial charge in [-0.15, -0.1) is 0 Å². The molecule has 4 heteroatoms. The summed E-state index contributed by atoms with van der Waals surface area (Å²) in [4.78, 5) is 14.1. The molecule has 1 heterocycles. The number of nitrogens with zero attached hydrogens (tertiary/aromatic N) is 1. The van der Waals surface area contributed by atoms with Crippen LogP contribution in [0.15, 0.2) is 18.3 Å². The minimum absolute atomic E-state index is 0.293. The summed E-state index contributed by atoms with van der Waals surface area (Å²) in [6.45, 7) is 3.41. The molecular weight excluding hydrogens is 182 g/mol. The molecule has 2 unspecified atom stereocenters. The topological polar surface area (TPSA) is 59.4 Å². The molecule has 0 aliphatic rings.